The van der Waals surface area contributed by atoms with Gasteiger partial charge in [-0.3, -0.25) is 0 Å². The van der Waals surface area contributed by atoms with Crippen LogP contribution in [-0.4, -0.2) is 32.9 Å². The van der Waals surface area contributed by atoms with Gasteiger partial charge in [0.25, 0.3) is 0 Å². The Labute approximate surface area is 177 Å². The molecule has 0 bridgehead atoms. The molecule has 4 rings (SSSR count). The van der Waals surface area contributed by atoms with Crippen LogP contribution in [0.1, 0.15) is 28.5 Å². The van der Waals surface area contributed by atoms with Crippen LogP contribution in [0.15, 0.2) is 77.7 Å². The predicted octanol–water partition coefficient (Wildman–Crippen LogP) is 4.71. The molecule has 1 fully saturated rings. The Hall–Kier alpha value is -2.70. The molecule has 0 unspecified atom stereocenters. The lowest BCUT2D eigenvalue weighted by Crippen LogP contribution is -2.29. The lowest BCUT2D eigenvalue weighted by molar-refractivity contribution is 0.414. The molecule has 6 heteroatoms. The van der Waals surface area contributed by atoms with Crippen molar-refractivity contribution in [2.75, 3.05) is 20.2 Å². The Morgan fingerprint density at radius 2 is 1.33 bits per heavy atom. The average molecular weight is 426 g/mol. The number of ether oxygens (including phenoxy) is 1. The lowest BCUT2D eigenvalue weighted by Gasteiger charge is -2.19. The number of sulfonamides is 1. The molecule has 3 aromatic rings. The first-order chi connectivity index (χ1) is 14.4. The predicted molar refractivity (Wildman–Crippen MR) is 115 cm³/mol. The fourth-order valence-electron chi connectivity index (χ4n) is 4.06. The van der Waals surface area contributed by atoms with Crippen molar-refractivity contribution in [3.05, 3.63) is 95.3 Å². The SMILES string of the molecule is COc1ccc([C@@H]2CN(S(=O)(=O)c3ccc(C)cc3)C[C@@H]2c2ccc(F)cc2)cc1. The van der Waals surface area contributed by atoms with E-state index < -0.39 is 10.0 Å². The van der Waals surface area contributed by atoms with Crippen molar-refractivity contribution < 1.29 is 17.5 Å². The Morgan fingerprint density at radius 3 is 1.83 bits per heavy atom. The quantitative estimate of drug-likeness (QED) is 0.595. The number of rotatable bonds is 5. The van der Waals surface area contributed by atoms with Gasteiger partial charge in [-0.1, -0.05) is 42.0 Å². The zero-order valence-corrected chi connectivity index (χ0v) is 17.8. The van der Waals surface area contributed by atoms with Crippen LogP contribution in [0.25, 0.3) is 0 Å². The molecule has 2 atom stereocenters. The molecule has 1 saturated heterocycles. The van der Waals surface area contributed by atoms with Gasteiger partial charge in [-0.15, -0.1) is 0 Å². The molecular formula is C24H24FNO3S. The van der Waals surface area contributed by atoms with Crippen molar-refractivity contribution in [3.63, 3.8) is 0 Å². The summed E-state index contributed by atoms with van der Waals surface area (Å²) in [7, 11) is -2.01. The van der Waals surface area contributed by atoms with Crippen LogP contribution in [0.2, 0.25) is 0 Å². The Balaban J connectivity index is 1.71. The van der Waals surface area contributed by atoms with Gasteiger partial charge < -0.3 is 4.74 Å². The van der Waals surface area contributed by atoms with Gasteiger partial charge in [0.2, 0.25) is 10.0 Å². The number of benzene rings is 3. The zero-order chi connectivity index (χ0) is 21.3. The molecule has 3 aromatic carbocycles. The largest absolute Gasteiger partial charge is 0.497 e. The minimum atomic E-state index is -3.62. The summed E-state index contributed by atoms with van der Waals surface area (Å²) in [5.41, 5.74) is 2.97. The maximum atomic E-state index is 13.5. The highest BCUT2D eigenvalue weighted by Gasteiger charge is 2.40. The van der Waals surface area contributed by atoms with Crippen molar-refractivity contribution in [2.45, 2.75) is 23.7 Å². The Kier molecular flexibility index (Phi) is 5.62. The van der Waals surface area contributed by atoms with Crippen molar-refractivity contribution in [1.29, 1.82) is 0 Å². The van der Waals surface area contributed by atoms with Gasteiger partial charge in [0, 0.05) is 24.9 Å². The van der Waals surface area contributed by atoms with Gasteiger partial charge in [0.15, 0.2) is 0 Å². The molecule has 1 heterocycles. The number of aryl methyl sites for hydroxylation is 1. The van der Waals surface area contributed by atoms with Crippen LogP contribution in [0.5, 0.6) is 5.75 Å². The molecule has 156 valence electrons. The van der Waals surface area contributed by atoms with Gasteiger partial charge in [-0.25, -0.2) is 12.8 Å². The summed E-state index contributed by atoms with van der Waals surface area (Å²) in [5.74, 6) is 0.335. The molecule has 1 aliphatic heterocycles. The number of halogens is 1. The highest BCUT2D eigenvalue weighted by Crippen LogP contribution is 2.42. The summed E-state index contributed by atoms with van der Waals surface area (Å²) >= 11 is 0. The summed E-state index contributed by atoms with van der Waals surface area (Å²) in [6.45, 7) is 2.64. The zero-order valence-electron chi connectivity index (χ0n) is 17.0. The Morgan fingerprint density at radius 1 is 0.833 bits per heavy atom. The van der Waals surface area contributed by atoms with Crippen molar-refractivity contribution in [3.8, 4) is 5.75 Å². The lowest BCUT2D eigenvalue weighted by atomic mass is 9.84. The van der Waals surface area contributed by atoms with Crippen molar-refractivity contribution in [1.82, 2.24) is 4.31 Å². The van der Waals surface area contributed by atoms with E-state index in [9.17, 15) is 12.8 Å². The highest BCUT2D eigenvalue weighted by atomic mass is 32.2. The van der Waals surface area contributed by atoms with Crippen LogP contribution in [0.4, 0.5) is 4.39 Å². The van der Waals surface area contributed by atoms with E-state index >= 15 is 0 Å². The average Bonchev–Trinajstić information content (AvgIpc) is 3.21. The van der Waals surface area contributed by atoms with E-state index in [-0.39, 0.29) is 17.7 Å². The van der Waals surface area contributed by atoms with Crippen LogP contribution in [0, 0.1) is 12.7 Å². The van der Waals surface area contributed by atoms with Gasteiger partial charge in [-0.05, 0) is 54.4 Å². The number of hydrogen-bond donors (Lipinski definition) is 0. The maximum absolute atomic E-state index is 13.5. The van der Waals surface area contributed by atoms with E-state index in [4.69, 9.17) is 4.74 Å². The summed E-state index contributed by atoms with van der Waals surface area (Å²) in [6, 6.07) is 21.0. The molecule has 1 aliphatic rings. The van der Waals surface area contributed by atoms with Crippen LogP contribution in [0.3, 0.4) is 0 Å². The van der Waals surface area contributed by atoms with E-state index in [2.05, 4.69) is 0 Å². The minimum absolute atomic E-state index is 0.0402. The van der Waals surface area contributed by atoms with Gasteiger partial charge >= 0.3 is 0 Å². The number of hydrogen-bond acceptors (Lipinski definition) is 3. The van der Waals surface area contributed by atoms with Gasteiger partial charge in [0.1, 0.15) is 11.6 Å². The van der Waals surface area contributed by atoms with E-state index in [1.54, 1.807) is 47.8 Å². The minimum Gasteiger partial charge on any atom is -0.497 e. The monoisotopic (exact) mass is 425 g/mol. The molecule has 0 saturated carbocycles. The molecule has 0 spiro atoms. The highest BCUT2D eigenvalue weighted by molar-refractivity contribution is 7.89. The van der Waals surface area contributed by atoms with Crippen molar-refractivity contribution in [2.24, 2.45) is 0 Å². The van der Waals surface area contributed by atoms with Crippen LogP contribution < -0.4 is 4.74 Å². The van der Waals surface area contributed by atoms with E-state index in [1.807, 2.05) is 31.2 Å². The molecule has 0 N–H and O–H groups in total. The number of methoxy groups -OCH3 is 1. The van der Waals surface area contributed by atoms with Gasteiger partial charge in [-0.2, -0.15) is 4.31 Å². The van der Waals surface area contributed by atoms with Crippen molar-refractivity contribution >= 4 is 10.0 Å². The summed E-state index contributed by atoms with van der Waals surface area (Å²) in [5, 5.41) is 0. The molecule has 0 amide bonds. The van der Waals surface area contributed by atoms with Gasteiger partial charge in [0.05, 0.1) is 12.0 Å². The smallest absolute Gasteiger partial charge is 0.243 e. The second-order valence-electron chi connectivity index (χ2n) is 7.67. The standard InChI is InChI=1S/C24H24FNO3S/c1-17-3-13-22(14-4-17)30(27,28)26-15-23(18-5-9-20(25)10-6-18)24(16-26)19-7-11-21(29-2)12-8-19/h3-14,23-24H,15-16H2,1-2H3/t23-,24+/m1/s1. The third-order valence-electron chi connectivity index (χ3n) is 5.79. The first-order valence-electron chi connectivity index (χ1n) is 9.85. The van der Waals surface area contributed by atoms with E-state index in [0.29, 0.717) is 18.0 Å². The third-order valence-corrected chi connectivity index (χ3v) is 7.63. The molecular weight excluding hydrogens is 401 g/mol. The normalized spacial score (nSPS) is 19.7. The molecule has 0 radical (unpaired) electrons. The first-order valence-corrected chi connectivity index (χ1v) is 11.3. The van der Waals surface area contributed by atoms with Crippen LogP contribution in [-0.2, 0) is 10.0 Å². The molecule has 4 nitrogen and oxygen atoms in total. The summed E-state index contributed by atoms with van der Waals surface area (Å²) in [4.78, 5) is 0.293. The first kappa shape index (κ1) is 20.6. The number of nitrogens with zero attached hydrogens (tertiary/aromatic N) is 1. The van der Waals surface area contributed by atoms with E-state index in [0.717, 1.165) is 22.4 Å². The third kappa shape index (κ3) is 3.98. The molecule has 30 heavy (non-hydrogen) atoms. The topological polar surface area (TPSA) is 46.6 Å². The van der Waals surface area contributed by atoms with E-state index in [1.165, 1.54) is 12.1 Å². The molecule has 0 aliphatic carbocycles. The fourth-order valence-corrected chi connectivity index (χ4v) is 5.55. The second-order valence-corrected chi connectivity index (χ2v) is 9.61. The maximum Gasteiger partial charge on any atom is 0.243 e. The summed E-state index contributed by atoms with van der Waals surface area (Å²) < 4.78 is 46.9. The van der Waals surface area contributed by atoms with Crippen LogP contribution >= 0.6 is 0 Å². The second kappa shape index (κ2) is 8.20. The fraction of sp³-hybridized carbons (Fsp3) is 0.250. The summed E-state index contributed by atoms with van der Waals surface area (Å²) in [6.07, 6.45) is 0. The molecule has 0 aromatic heterocycles. The Bertz CT molecular complexity index is 1110.